The summed E-state index contributed by atoms with van der Waals surface area (Å²) in [5.41, 5.74) is 0.702. The van der Waals surface area contributed by atoms with Gasteiger partial charge in [0, 0.05) is 11.6 Å². The van der Waals surface area contributed by atoms with Crippen molar-refractivity contribution in [1.82, 2.24) is 0 Å². The third kappa shape index (κ3) is 5.91. The maximum atomic E-state index is 6.18. The molecule has 0 atom stereocenters. The van der Waals surface area contributed by atoms with Gasteiger partial charge in [0.2, 0.25) is 0 Å². The van der Waals surface area contributed by atoms with Crippen molar-refractivity contribution in [2.45, 2.75) is 52.6 Å². The minimum absolute atomic E-state index is 0.702. The number of benzene rings is 1. The quantitative estimate of drug-likeness (QED) is 0.351. The Morgan fingerprint density at radius 2 is 1.62 bits per heavy atom. The SMILES string of the molecule is CCCCOc1ccc([Si](C)(C)CCl)c(OCCCC)c1. The molecule has 0 radical (unpaired) electrons. The Bertz CT molecular complexity index is 421. The van der Waals surface area contributed by atoms with Crippen molar-refractivity contribution < 1.29 is 9.47 Å². The van der Waals surface area contributed by atoms with Crippen LogP contribution in [-0.2, 0) is 0 Å². The number of alkyl halides is 1. The van der Waals surface area contributed by atoms with Crippen LogP contribution < -0.4 is 14.7 Å². The predicted molar refractivity (Wildman–Crippen MR) is 95.1 cm³/mol. The fourth-order valence-electron chi connectivity index (χ4n) is 2.00. The van der Waals surface area contributed by atoms with Crippen LogP contribution in [0.1, 0.15) is 39.5 Å². The highest BCUT2D eigenvalue weighted by Crippen LogP contribution is 2.22. The third-order valence-electron chi connectivity index (χ3n) is 3.54. The summed E-state index contributed by atoms with van der Waals surface area (Å²) >= 11 is 6.18. The van der Waals surface area contributed by atoms with Crippen LogP contribution in [0.25, 0.3) is 0 Å². The van der Waals surface area contributed by atoms with E-state index < -0.39 is 8.07 Å². The molecule has 0 N–H and O–H groups in total. The monoisotopic (exact) mass is 328 g/mol. The summed E-state index contributed by atoms with van der Waals surface area (Å²) in [6.07, 6.45) is 4.43. The molecule has 21 heavy (non-hydrogen) atoms. The first-order valence-electron chi connectivity index (χ1n) is 8.01. The lowest BCUT2D eigenvalue weighted by Gasteiger charge is -2.23. The maximum absolute atomic E-state index is 6.18. The molecule has 0 aliphatic carbocycles. The van der Waals surface area contributed by atoms with E-state index in [9.17, 15) is 0 Å². The summed E-state index contributed by atoms with van der Waals surface area (Å²) in [4.78, 5) is 0. The van der Waals surface area contributed by atoms with Crippen molar-refractivity contribution in [3.63, 3.8) is 0 Å². The Morgan fingerprint density at radius 3 is 2.19 bits per heavy atom. The highest BCUT2D eigenvalue weighted by Gasteiger charge is 2.26. The van der Waals surface area contributed by atoms with E-state index in [1.165, 1.54) is 5.19 Å². The fraction of sp³-hybridized carbons (Fsp3) is 0.647. The number of unbranched alkanes of at least 4 members (excludes halogenated alkanes) is 2. The van der Waals surface area contributed by atoms with Gasteiger partial charge in [-0.2, -0.15) is 0 Å². The smallest absolute Gasteiger partial charge is 0.122 e. The van der Waals surface area contributed by atoms with Crippen LogP contribution in [0.4, 0.5) is 0 Å². The molecule has 1 aromatic carbocycles. The van der Waals surface area contributed by atoms with Crippen LogP contribution in [0.5, 0.6) is 11.5 Å². The van der Waals surface area contributed by atoms with Crippen LogP contribution in [0.15, 0.2) is 18.2 Å². The highest BCUT2D eigenvalue weighted by molar-refractivity contribution is 6.94. The van der Waals surface area contributed by atoms with Gasteiger partial charge in [0.25, 0.3) is 0 Å². The zero-order chi connectivity index (χ0) is 15.7. The summed E-state index contributed by atoms with van der Waals surface area (Å²) in [5.74, 6) is 1.87. The van der Waals surface area contributed by atoms with E-state index in [1.807, 2.05) is 6.07 Å². The van der Waals surface area contributed by atoms with Gasteiger partial charge in [-0.15, -0.1) is 11.6 Å². The van der Waals surface area contributed by atoms with Gasteiger partial charge in [0.05, 0.1) is 13.2 Å². The van der Waals surface area contributed by atoms with E-state index >= 15 is 0 Å². The molecule has 2 nitrogen and oxygen atoms in total. The average Bonchev–Trinajstić information content (AvgIpc) is 2.48. The molecule has 0 heterocycles. The Kier molecular flexibility index (Phi) is 8.20. The molecular formula is C17H29ClO2Si. The summed E-state index contributed by atoms with van der Waals surface area (Å²) in [7, 11) is -1.63. The van der Waals surface area contributed by atoms with E-state index in [4.69, 9.17) is 21.1 Å². The van der Waals surface area contributed by atoms with Gasteiger partial charge in [-0.3, -0.25) is 0 Å². The summed E-state index contributed by atoms with van der Waals surface area (Å²) < 4.78 is 11.8. The van der Waals surface area contributed by atoms with Crippen LogP contribution in [0.2, 0.25) is 13.1 Å². The number of ether oxygens (including phenoxy) is 2. The zero-order valence-electron chi connectivity index (χ0n) is 13.9. The first-order chi connectivity index (χ1) is 10.0. The van der Waals surface area contributed by atoms with E-state index in [0.717, 1.165) is 50.4 Å². The molecule has 0 spiro atoms. The Morgan fingerprint density at radius 1 is 1.00 bits per heavy atom. The molecule has 0 amide bonds. The van der Waals surface area contributed by atoms with Gasteiger partial charge in [-0.1, -0.05) is 45.8 Å². The first-order valence-corrected chi connectivity index (χ1v) is 11.8. The second kappa shape index (κ2) is 9.37. The maximum Gasteiger partial charge on any atom is 0.122 e. The number of rotatable bonds is 10. The molecule has 0 aromatic heterocycles. The van der Waals surface area contributed by atoms with Crippen molar-refractivity contribution >= 4 is 24.9 Å². The Labute approximate surface area is 135 Å². The van der Waals surface area contributed by atoms with E-state index in [1.54, 1.807) is 0 Å². The highest BCUT2D eigenvalue weighted by atomic mass is 35.5. The Balaban J connectivity index is 2.90. The molecule has 0 saturated heterocycles. The molecule has 0 aliphatic heterocycles. The van der Waals surface area contributed by atoms with Crippen molar-refractivity contribution in [2.75, 3.05) is 18.7 Å². The normalized spacial score (nSPS) is 11.5. The molecular weight excluding hydrogens is 300 g/mol. The van der Waals surface area contributed by atoms with Gasteiger partial charge in [0.1, 0.15) is 19.6 Å². The average molecular weight is 329 g/mol. The van der Waals surface area contributed by atoms with Crippen molar-refractivity contribution in [2.24, 2.45) is 0 Å². The molecule has 0 fully saturated rings. The standard InChI is InChI=1S/C17H29ClO2Si/c1-5-7-11-19-15-9-10-17(21(3,4)14-18)16(13-15)20-12-8-6-2/h9-10,13H,5-8,11-12,14H2,1-4H3. The molecule has 0 saturated carbocycles. The third-order valence-corrected chi connectivity index (χ3v) is 8.08. The van der Waals surface area contributed by atoms with Gasteiger partial charge in [0.15, 0.2) is 0 Å². The number of halogens is 1. The summed E-state index contributed by atoms with van der Waals surface area (Å²) in [6.45, 7) is 10.4. The summed E-state index contributed by atoms with van der Waals surface area (Å²) in [6, 6.07) is 6.25. The van der Waals surface area contributed by atoms with E-state index in [0.29, 0.717) is 5.50 Å². The van der Waals surface area contributed by atoms with Crippen LogP contribution in [0, 0.1) is 0 Å². The minimum Gasteiger partial charge on any atom is -0.494 e. The van der Waals surface area contributed by atoms with Gasteiger partial charge >= 0.3 is 0 Å². The molecule has 120 valence electrons. The molecule has 1 rings (SSSR count). The van der Waals surface area contributed by atoms with Crippen molar-refractivity contribution in [3.05, 3.63) is 18.2 Å². The van der Waals surface area contributed by atoms with Crippen molar-refractivity contribution in [3.8, 4) is 11.5 Å². The van der Waals surface area contributed by atoms with E-state index in [2.05, 4.69) is 39.1 Å². The van der Waals surface area contributed by atoms with Crippen LogP contribution >= 0.6 is 11.6 Å². The largest absolute Gasteiger partial charge is 0.494 e. The molecule has 0 unspecified atom stereocenters. The molecule has 0 bridgehead atoms. The second-order valence-electron chi connectivity index (χ2n) is 6.08. The first kappa shape index (κ1) is 18.4. The number of hydrogen-bond donors (Lipinski definition) is 0. The van der Waals surface area contributed by atoms with Crippen LogP contribution in [0.3, 0.4) is 0 Å². The number of hydrogen-bond acceptors (Lipinski definition) is 2. The molecule has 0 aliphatic rings. The lowest BCUT2D eigenvalue weighted by Crippen LogP contribution is -2.44. The van der Waals surface area contributed by atoms with Gasteiger partial charge < -0.3 is 9.47 Å². The van der Waals surface area contributed by atoms with Crippen LogP contribution in [-0.4, -0.2) is 26.8 Å². The lowest BCUT2D eigenvalue weighted by molar-refractivity contribution is 0.295. The zero-order valence-corrected chi connectivity index (χ0v) is 15.6. The topological polar surface area (TPSA) is 18.5 Å². The Hall–Kier alpha value is -0.673. The minimum atomic E-state index is -1.63. The van der Waals surface area contributed by atoms with Gasteiger partial charge in [-0.05, 0) is 24.1 Å². The van der Waals surface area contributed by atoms with Gasteiger partial charge in [-0.25, -0.2) is 0 Å². The predicted octanol–water partition coefficient (Wildman–Crippen LogP) is 4.74. The lowest BCUT2D eigenvalue weighted by atomic mass is 10.3. The molecule has 4 heteroatoms. The second-order valence-corrected chi connectivity index (χ2v) is 11.5. The molecule has 1 aromatic rings. The fourth-order valence-corrected chi connectivity index (χ4v) is 3.93. The van der Waals surface area contributed by atoms with Crippen molar-refractivity contribution in [1.29, 1.82) is 0 Å². The summed E-state index contributed by atoms with van der Waals surface area (Å²) in [5, 5.41) is 1.29. The van der Waals surface area contributed by atoms with E-state index in [-0.39, 0.29) is 0 Å².